The Morgan fingerprint density at radius 2 is 1.94 bits per heavy atom. The molecule has 0 aliphatic rings. The van der Waals surface area contributed by atoms with Crippen molar-refractivity contribution in [1.82, 2.24) is 0 Å². The van der Waals surface area contributed by atoms with Crippen LogP contribution in [0.25, 0.3) is 0 Å². The fraction of sp³-hybridized carbons (Fsp3) is 0.417. The van der Waals surface area contributed by atoms with Crippen LogP contribution in [0.5, 0.6) is 5.75 Å². The van der Waals surface area contributed by atoms with Gasteiger partial charge in [0.25, 0.3) is 0 Å². The van der Waals surface area contributed by atoms with E-state index < -0.39 is 17.5 Å². The highest BCUT2D eigenvalue weighted by Gasteiger charge is 2.32. The summed E-state index contributed by atoms with van der Waals surface area (Å²) in [5, 5.41) is 0. The van der Waals surface area contributed by atoms with E-state index in [0.29, 0.717) is 12.0 Å². The largest absolute Gasteiger partial charge is 0.496 e. The van der Waals surface area contributed by atoms with Crippen LogP contribution in [0.2, 0.25) is 0 Å². The van der Waals surface area contributed by atoms with Crippen molar-refractivity contribution in [3.05, 3.63) is 28.8 Å². The van der Waals surface area contributed by atoms with Crippen molar-refractivity contribution in [2.75, 3.05) is 7.11 Å². The Morgan fingerprint density at radius 1 is 1.35 bits per heavy atom. The zero-order chi connectivity index (χ0) is 13.2. The molecule has 1 rings (SSSR count). The zero-order valence-corrected chi connectivity index (χ0v) is 9.81. The van der Waals surface area contributed by atoms with Crippen molar-refractivity contribution in [2.45, 2.75) is 26.4 Å². The first kappa shape index (κ1) is 13.5. The average molecular weight is 246 g/mol. The van der Waals surface area contributed by atoms with E-state index in [4.69, 9.17) is 4.74 Å². The Hall–Kier alpha value is -1.52. The highest BCUT2D eigenvalue weighted by molar-refractivity contribution is 5.97. The lowest BCUT2D eigenvalue weighted by molar-refractivity contribution is -0.137. The second-order valence-corrected chi connectivity index (χ2v) is 3.62. The van der Waals surface area contributed by atoms with Crippen LogP contribution in [0.1, 0.15) is 35.3 Å². The Balaban J connectivity index is 3.51. The van der Waals surface area contributed by atoms with Crippen LogP contribution >= 0.6 is 0 Å². The maximum atomic E-state index is 12.6. The Morgan fingerprint density at radius 3 is 2.29 bits per heavy atom. The predicted molar refractivity (Wildman–Crippen MR) is 57.4 cm³/mol. The van der Waals surface area contributed by atoms with Gasteiger partial charge in [-0.25, -0.2) is 0 Å². The number of hydrogen-bond donors (Lipinski definition) is 0. The van der Waals surface area contributed by atoms with Gasteiger partial charge in [-0.2, -0.15) is 13.2 Å². The molecule has 2 nitrogen and oxygen atoms in total. The minimum absolute atomic E-state index is 0.0285. The lowest BCUT2D eigenvalue weighted by Crippen LogP contribution is -2.10. The standard InChI is InChI=1S/C12H13F3O2/c1-4-8-5-9(12(13,14)15)6-10(7(2)16)11(8)17-3/h5-6H,4H2,1-3H3. The summed E-state index contributed by atoms with van der Waals surface area (Å²) in [6.07, 6.45) is -4.09. The lowest BCUT2D eigenvalue weighted by Gasteiger charge is -2.15. The maximum absolute atomic E-state index is 12.6. The molecule has 0 saturated carbocycles. The molecule has 0 aliphatic heterocycles. The molecule has 0 unspecified atom stereocenters. The van der Waals surface area contributed by atoms with E-state index in [0.717, 1.165) is 12.1 Å². The number of hydrogen-bond acceptors (Lipinski definition) is 2. The quantitative estimate of drug-likeness (QED) is 0.763. The summed E-state index contributed by atoms with van der Waals surface area (Å²) in [6.45, 7) is 2.93. The van der Waals surface area contributed by atoms with Crippen molar-refractivity contribution in [1.29, 1.82) is 0 Å². The van der Waals surface area contributed by atoms with Gasteiger partial charge in [0.05, 0.1) is 18.2 Å². The molecular formula is C12H13F3O2. The van der Waals surface area contributed by atoms with Gasteiger partial charge in [-0.05, 0) is 31.0 Å². The maximum Gasteiger partial charge on any atom is 0.416 e. The van der Waals surface area contributed by atoms with Gasteiger partial charge >= 0.3 is 6.18 Å². The molecular weight excluding hydrogens is 233 g/mol. The Kier molecular flexibility index (Phi) is 3.80. The molecule has 0 aromatic heterocycles. The minimum atomic E-state index is -4.46. The summed E-state index contributed by atoms with van der Waals surface area (Å²) in [5.74, 6) is -0.212. The fourth-order valence-corrected chi connectivity index (χ4v) is 1.62. The van der Waals surface area contributed by atoms with Gasteiger partial charge in [-0.1, -0.05) is 6.92 Å². The molecule has 0 bridgehead atoms. The molecule has 0 spiro atoms. The number of halogens is 3. The highest BCUT2D eigenvalue weighted by atomic mass is 19.4. The number of ketones is 1. The minimum Gasteiger partial charge on any atom is -0.496 e. The molecule has 0 saturated heterocycles. The van der Waals surface area contributed by atoms with Crippen LogP contribution < -0.4 is 4.74 Å². The van der Waals surface area contributed by atoms with Crippen molar-refractivity contribution < 1.29 is 22.7 Å². The fourth-order valence-electron chi connectivity index (χ4n) is 1.62. The van der Waals surface area contributed by atoms with E-state index >= 15 is 0 Å². The molecule has 0 aliphatic carbocycles. The molecule has 0 fully saturated rings. The molecule has 1 aromatic rings. The molecule has 0 amide bonds. The van der Waals surface area contributed by atoms with Gasteiger partial charge in [-0.15, -0.1) is 0 Å². The van der Waals surface area contributed by atoms with Gasteiger partial charge in [-0.3, -0.25) is 4.79 Å². The van der Waals surface area contributed by atoms with Crippen LogP contribution in [0.15, 0.2) is 12.1 Å². The van der Waals surface area contributed by atoms with Crippen LogP contribution in [0.4, 0.5) is 13.2 Å². The lowest BCUT2D eigenvalue weighted by atomic mass is 9.99. The monoisotopic (exact) mass is 246 g/mol. The third kappa shape index (κ3) is 2.78. The summed E-state index contributed by atoms with van der Waals surface area (Å²) in [4.78, 5) is 11.3. The van der Waals surface area contributed by atoms with Crippen LogP contribution in [-0.4, -0.2) is 12.9 Å². The second kappa shape index (κ2) is 4.77. The predicted octanol–water partition coefficient (Wildman–Crippen LogP) is 3.48. The van der Waals surface area contributed by atoms with Crippen molar-refractivity contribution >= 4 is 5.78 Å². The smallest absolute Gasteiger partial charge is 0.416 e. The first-order chi connectivity index (χ1) is 7.81. The van der Waals surface area contributed by atoms with E-state index in [1.807, 2.05) is 0 Å². The molecule has 5 heteroatoms. The van der Waals surface area contributed by atoms with Crippen LogP contribution in [-0.2, 0) is 12.6 Å². The van der Waals surface area contributed by atoms with Crippen molar-refractivity contribution in [3.63, 3.8) is 0 Å². The van der Waals surface area contributed by atoms with Crippen molar-refractivity contribution in [3.8, 4) is 5.75 Å². The van der Waals surface area contributed by atoms with Gasteiger partial charge in [0.2, 0.25) is 0 Å². The summed E-state index contributed by atoms with van der Waals surface area (Å²) in [7, 11) is 1.34. The van der Waals surface area contributed by atoms with Gasteiger partial charge in [0, 0.05) is 0 Å². The number of Topliss-reactive ketones (excluding diaryl/α,β-unsaturated/α-hetero) is 1. The highest BCUT2D eigenvalue weighted by Crippen LogP contribution is 2.35. The molecule has 0 radical (unpaired) electrons. The summed E-state index contributed by atoms with van der Waals surface area (Å²) < 4.78 is 42.9. The topological polar surface area (TPSA) is 26.3 Å². The average Bonchev–Trinajstić information content (AvgIpc) is 2.25. The van der Waals surface area contributed by atoms with Crippen LogP contribution in [0.3, 0.4) is 0 Å². The summed E-state index contributed by atoms with van der Waals surface area (Å²) in [6, 6.07) is 1.85. The second-order valence-electron chi connectivity index (χ2n) is 3.62. The number of methoxy groups -OCH3 is 1. The molecule has 0 N–H and O–H groups in total. The van der Waals surface area contributed by atoms with Crippen LogP contribution in [0, 0.1) is 0 Å². The van der Waals surface area contributed by atoms with E-state index in [9.17, 15) is 18.0 Å². The number of carbonyl (C=O) groups excluding carboxylic acids is 1. The first-order valence-electron chi connectivity index (χ1n) is 5.10. The van der Waals surface area contributed by atoms with Gasteiger partial charge in [0.1, 0.15) is 5.75 Å². The zero-order valence-electron chi connectivity index (χ0n) is 9.81. The number of ether oxygens (including phenoxy) is 1. The van der Waals surface area contributed by atoms with E-state index in [1.54, 1.807) is 6.92 Å². The third-order valence-corrected chi connectivity index (χ3v) is 2.46. The summed E-state index contributed by atoms with van der Waals surface area (Å²) >= 11 is 0. The number of benzene rings is 1. The summed E-state index contributed by atoms with van der Waals surface area (Å²) in [5.41, 5.74) is -0.466. The third-order valence-electron chi connectivity index (χ3n) is 2.46. The van der Waals surface area contributed by atoms with E-state index in [-0.39, 0.29) is 11.3 Å². The van der Waals surface area contributed by atoms with Gasteiger partial charge in [0.15, 0.2) is 5.78 Å². The number of carbonyl (C=O) groups is 1. The molecule has 94 valence electrons. The number of rotatable bonds is 3. The molecule has 0 heterocycles. The SMILES string of the molecule is CCc1cc(C(F)(F)F)cc(C(C)=O)c1OC. The number of aryl methyl sites for hydroxylation is 1. The first-order valence-corrected chi connectivity index (χ1v) is 5.10. The van der Waals surface area contributed by atoms with Gasteiger partial charge < -0.3 is 4.74 Å². The number of alkyl halides is 3. The molecule has 0 atom stereocenters. The van der Waals surface area contributed by atoms with E-state index in [1.165, 1.54) is 14.0 Å². The Labute approximate surface area is 97.4 Å². The molecule has 17 heavy (non-hydrogen) atoms. The normalized spacial score (nSPS) is 11.4. The van der Waals surface area contributed by atoms with Crippen molar-refractivity contribution in [2.24, 2.45) is 0 Å². The Bertz CT molecular complexity index is 436. The molecule has 1 aromatic carbocycles. The van der Waals surface area contributed by atoms with E-state index in [2.05, 4.69) is 0 Å².